The zero-order valence-electron chi connectivity index (χ0n) is 12.7. The lowest BCUT2D eigenvalue weighted by Crippen LogP contribution is -2.44. The van der Waals surface area contributed by atoms with Gasteiger partial charge in [0.25, 0.3) is 0 Å². The van der Waals surface area contributed by atoms with Crippen molar-refractivity contribution in [2.75, 3.05) is 5.32 Å². The van der Waals surface area contributed by atoms with Crippen molar-refractivity contribution >= 4 is 28.9 Å². The number of aryl methyl sites for hydroxylation is 1. The molecule has 0 aliphatic heterocycles. The third-order valence-electron chi connectivity index (χ3n) is 3.21. The van der Waals surface area contributed by atoms with Gasteiger partial charge in [0.05, 0.1) is 6.42 Å². The van der Waals surface area contributed by atoms with Crippen LogP contribution in [0, 0.1) is 5.82 Å². The molecule has 0 spiro atoms. The number of amides is 1. The molecule has 4 nitrogen and oxygen atoms in total. The Hall–Kier alpha value is -2.47. The van der Waals surface area contributed by atoms with Gasteiger partial charge in [-0.25, -0.2) is 4.39 Å². The number of thiocarbonyl (C=S) groups is 1. The Kier molecular flexibility index (Phi) is 6.05. The quantitative estimate of drug-likeness (QED) is 0.596. The highest BCUT2D eigenvalue weighted by atomic mass is 32.1. The number of carbonyl (C=O) groups is 1. The second-order valence-electron chi connectivity index (χ2n) is 4.98. The average Bonchev–Trinajstić information content (AvgIpc) is 2.56. The van der Waals surface area contributed by atoms with Gasteiger partial charge < -0.3 is 5.32 Å². The fourth-order valence-corrected chi connectivity index (χ4v) is 2.11. The average molecular weight is 331 g/mol. The molecule has 2 rings (SSSR count). The summed E-state index contributed by atoms with van der Waals surface area (Å²) in [6.45, 7) is 2.09. The molecular formula is C17H18FN3OS. The van der Waals surface area contributed by atoms with Crippen LogP contribution in [0.1, 0.15) is 18.1 Å². The highest BCUT2D eigenvalue weighted by Crippen LogP contribution is 2.09. The Bertz CT molecular complexity index is 671. The molecule has 0 atom stereocenters. The van der Waals surface area contributed by atoms with E-state index < -0.39 is 0 Å². The maximum absolute atomic E-state index is 12.8. The molecule has 6 heteroatoms. The fraction of sp³-hybridized carbons (Fsp3) is 0.176. The summed E-state index contributed by atoms with van der Waals surface area (Å²) in [5, 5.41) is 3.27. The summed E-state index contributed by atoms with van der Waals surface area (Å²) in [6, 6.07) is 13.7. The summed E-state index contributed by atoms with van der Waals surface area (Å²) in [7, 11) is 0. The van der Waals surface area contributed by atoms with Crippen LogP contribution in [0.4, 0.5) is 10.1 Å². The zero-order chi connectivity index (χ0) is 16.7. The molecule has 0 aliphatic carbocycles. The maximum atomic E-state index is 12.8. The summed E-state index contributed by atoms with van der Waals surface area (Å²) in [5.41, 5.74) is 7.94. The number of hydrogen-bond donors (Lipinski definition) is 3. The number of hydrogen-bond acceptors (Lipinski definition) is 2. The molecule has 0 aliphatic rings. The van der Waals surface area contributed by atoms with Gasteiger partial charge in [-0.3, -0.25) is 15.6 Å². The second kappa shape index (κ2) is 8.24. The van der Waals surface area contributed by atoms with Crippen LogP contribution in [0.2, 0.25) is 0 Å². The van der Waals surface area contributed by atoms with E-state index in [4.69, 9.17) is 12.2 Å². The Balaban J connectivity index is 1.76. The molecule has 0 radical (unpaired) electrons. The van der Waals surface area contributed by atoms with E-state index in [1.807, 2.05) is 24.3 Å². The Morgan fingerprint density at radius 3 is 2.22 bits per heavy atom. The monoisotopic (exact) mass is 331 g/mol. The van der Waals surface area contributed by atoms with E-state index in [9.17, 15) is 9.18 Å². The van der Waals surface area contributed by atoms with Crippen LogP contribution >= 0.6 is 12.2 Å². The van der Waals surface area contributed by atoms with Gasteiger partial charge in [0.2, 0.25) is 5.91 Å². The number of nitrogens with one attached hydrogen (secondary N) is 3. The molecular weight excluding hydrogens is 313 g/mol. The van der Waals surface area contributed by atoms with Crippen LogP contribution in [-0.2, 0) is 17.6 Å². The highest BCUT2D eigenvalue weighted by molar-refractivity contribution is 7.80. The van der Waals surface area contributed by atoms with Gasteiger partial charge in [-0.15, -0.1) is 0 Å². The minimum absolute atomic E-state index is 0.140. The van der Waals surface area contributed by atoms with Crippen molar-refractivity contribution in [2.24, 2.45) is 0 Å². The molecule has 120 valence electrons. The summed E-state index contributed by atoms with van der Waals surface area (Å²) >= 11 is 5.11. The normalized spacial score (nSPS) is 10.0. The van der Waals surface area contributed by atoms with Crippen LogP contribution in [0.15, 0.2) is 48.5 Å². The molecule has 0 fully saturated rings. The maximum Gasteiger partial charge on any atom is 0.242 e. The van der Waals surface area contributed by atoms with Gasteiger partial charge in [0.15, 0.2) is 5.11 Å². The van der Waals surface area contributed by atoms with Crippen molar-refractivity contribution in [3.63, 3.8) is 0 Å². The van der Waals surface area contributed by atoms with E-state index in [-0.39, 0.29) is 18.1 Å². The minimum atomic E-state index is -0.327. The lowest BCUT2D eigenvalue weighted by Gasteiger charge is -2.12. The fourth-order valence-electron chi connectivity index (χ4n) is 1.94. The zero-order valence-corrected chi connectivity index (χ0v) is 13.5. The Morgan fingerprint density at radius 2 is 1.61 bits per heavy atom. The van der Waals surface area contributed by atoms with Gasteiger partial charge in [-0.05, 0) is 54.0 Å². The smallest absolute Gasteiger partial charge is 0.242 e. The van der Waals surface area contributed by atoms with Crippen LogP contribution in [-0.4, -0.2) is 11.0 Å². The lowest BCUT2D eigenvalue weighted by molar-refractivity contribution is -0.120. The number of hydrazine groups is 1. The van der Waals surface area contributed by atoms with Crippen molar-refractivity contribution in [1.29, 1.82) is 0 Å². The van der Waals surface area contributed by atoms with Crippen molar-refractivity contribution < 1.29 is 9.18 Å². The second-order valence-corrected chi connectivity index (χ2v) is 5.39. The SMILES string of the molecule is CCc1ccc(NC(=S)NNC(=O)Cc2ccc(F)cc2)cc1. The lowest BCUT2D eigenvalue weighted by atomic mass is 10.1. The van der Waals surface area contributed by atoms with Crippen molar-refractivity contribution in [1.82, 2.24) is 10.9 Å². The Morgan fingerprint density at radius 1 is 1.00 bits per heavy atom. The number of anilines is 1. The van der Waals surface area contributed by atoms with Gasteiger partial charge in [-0.2, -0.15) is 0 Å². The first-order valence-electron chi connectivity index (χ1n) is 7.26. The standard InChI is InChI=1S/C17H18FN3OS/c1-2-12-5-9-15(10-6-12)19-17(23)21-20-16(22)11-13-3-7-14(18)8-4-13/h3-10H,2,11H2,1H3,(H,20,22)(H2,19,21,23). The summed E-state index contributed by atoms with van der Waals surface area (Å²) in [6.07, 6.45) is 1.11. The van der Waals surface area contributed by atoms with Crippen LogP contribution in [0.3, 0.4) is 0 Å². The van der Waals surface area contributed by atoms with Crippen molar-refractivity contribution in [3.8, 4) is 0 Å². The van der Waals surface area contributed by atoms with Crippen molar-refractivity contribution in [3.05, 3.63) is 65.5 Å². The first kappa shape index (κ1) is 16.9. The minimum Gasteiger partial charge on any atom is -0.331 e. The third kappa shape index (κ3) is 5.67. The summed E-state index contributed by atoms with van der Waals surface area (Å²) in [5.74, 6) is -0.589. The van der Waals surface area contributed by atoms with Crippen LogP contribution < -0.4 is 16.2 Å². The molecule has 23 heavy (non-hydrogen) atoms. The van der Waals surface area contributed by atoms with Crippen LogP contribution in [0.25, 0.3) is 0 Å². The van der Waals surface area contributed by atoms with Crippen LogP contribution in [0.5, 0.6) is 0 Å². The first-order valence-corrected chi connectivity index (χ1v) is 7.67. The Labute approximate surface area is 140 Å². The van der Waals surface area contributed by atoms with E-state index in [0.717, 1.165) is 17.7 Å². The number of rotatable bonds is 4. The van der Waals surface area contributed by atoms with Gasteiger partial charge >= 0.3 is 0 Å². The molecule has 0 saturated heterocycles. The number of halogens is 1. The largest absolute Gasteiger partial charge is 0.331 e. The van der Waals surface area contributed by atoms with Gasteiger partial charge in [0.1, 0.15) is 5.82 Å². The molecule has 0 aromatic heterocycles. The van der Waals surface area contributed by atoms with E-state index in [2.05, 4.69) is 23.1 Å². The van der Waals surface area contributed by atoms with E-state index >= 15 is 0 Å². The third-order valence-corrected chi connectivity index (χ3v) is 3.42. The van der Waals surface area contributed by atoms with E-state index in [0.29, 0.717) is 5.11 Å². The topological polar surface area (TPSA) is 53.2 Å². The van der Waals surface area contributed by atoms with Crippen molar-refractivity contribution in [2.45, 2.75) is 19.8 Å². The number of carbonyl (C=O) groups excluding carboxylic acids is 1. The molecule has 0 saturated carbocycles. The molecule has 2 aromatic carbocycles. The summed E-state index contributed by atoms with van der Waals surface area (Å²) < 4.78 is 12.8. The molecule has 0 unspecified atom stereocenters. The molecule has 0 heterocycles. The van der Waals surface area contributed by atoms with Gasteiger partial charge in [0, 0.05) is 5.69 Å². The molecule has 1 amide bonds. The number of benzene rings is 2. The molecule has 0 bridgehead atoms. The van der Waals surface area contributed by atoms with Gasteiger partial charge in [-0.1, -0.05) is 31.2 Å². The predicted molar refractivity (Wildman–Crippen MR) is 93.4 cm³/mol. The highest BCUT2D eigenvalue weighted by Gasteiger charge is 2.04. The first-order chi connectivity index (χ1) is 11.1. The van der Waals surface area contributed by atoms with E-state index in [1.54, 1.807) is 12.1 Å². The molecule has 2 aromatic rings. The molecule has 3 N–H and O–H groups in total. The van der Waals surface area contributed by atoms with E-state index in [1.165, 1.54) is 17.7 Å². The summed E-state index contributed by atoms with van der Waals surface area (Å²) in [4.78, 5) is 11.8. The predicted octanol–water partition coefficient (Wildman–Crippen LogP) is 2.95.